The molecule has 0 bridgehead atoms. The summed E-state index contributed by atoms with van der Waals surface area (Å²) in [6, 6.07) is 1.65. The van der Waals surface area contributed by atoms with Gasteiger partial charge in [0.25, 0.3) is 0 Å². The van der Waals surface area contributed by atoms with E-state index in [1.165, 1.54) is 4.90 Å². The van der Waals surface area contributed by atoms with Crippen LogP contribution >= 0.6 is 0 Å². The van der Waals surface area contributed by atoms with E-state index >= 15 is 0 Å². The van der Waals surface area contributed by atoms with E-state index < -0.39 is 6.10 Å². The highest BCUT2D eigenvalue weighted by Crippen LogP contribution is 2.22. The zero-order chi connectivity index (χ0) is 11.5. The van der Waals surface area contributed by atoms with Crippen molar-refractivity contribution < 1.29 is 9.90 Å². The molecule has 6 nitrogen and oxygen atoms in total. The molecule has 1 N–H and O–H groups in total. The predicted octanol–water partition coefficient (Wildman–Crippen LogP) is -0.459. The van der Waals surface area contributed by atoms with Gasteiger partial charge in [-0.25, -0.2) is 4.98 Å². The molecule has 0 radical (unpaired) electrons. The normalized spacial score (nSPS) is 24.4. The number of rotatable bonds is 2. The minimum atomic E-state index is -0.600. The van der Waals surface area contributed by atoms with Crippen LogP contribution in [0.1, 0.15) is 12.5 Å². The molecule has 16 heavy (non-hydrogen) atoms. The molecule has 1 aliphatic heterocycles. The largest absolute Gasteiger partial charge is 0.389 e. The lowest BCUT2D eigenvalue weighted by molar-refractivity contribution is -0.129. The Morgan fingerprint density at radius 1 is 1.62 bits per heavy atom. The van der Waals surface area contributed by atoms with E-state index in [0.717, 1.165) is 0 Å². The van der Waals surface area contributed by atoms with Crippen molar-refractivity contribution in [3.8, 4) is 6.07 Å². The fourth-order valence-electron chi connectivity index (χ4n) is 1.91. The van der Waals surface area contributed by atoms with Crippen molar-refractivity contribution in [3.05, 3.63) is 18.7 Å². The number of nitrogens with zero attached hydrogens (tertiary/aromatic N) is 4. The van der Waals surface area contributed by atoms with E-state index in [9.17, 15) is 9.90 Å². The van der Waals surface area contributed by atoms with Gasteiger partial charge in [0, 0.05) is 25.5 Å². The average Bonchev–Trinajstić information content (AvgIpc) is 2.86. The van der Waals surface area contributed by atoms with Crippen LogP contribution < -0.4 is 0 Å². The Kier molecular flexibility index (Phi) is 2.88. The lowest BCUT2D eigenvalue weighted by Gasteiger charge is -2.15. The second kappa shape index (κ2) is 4.33. The summed E-state index contributed by atoms with van der Waals surface area (Å²) in [7, 11) is 0. The van der Waals surface area contributed by atoms with Crippen LogP contribution in [0.3, 0.4) is 0 Å². The lowest BCUT2D eigenvalue weighted by Crippen LogP contribution is -2.29. The Labute approximate surface area is 92.7 Å². The molecule has 1 saturated heterocycles. The molecule has 84 valence electrons. The Balaban J connectivity index is 2.05. The van der Waals surface area contributed by atoms with Crippen LogP contribution in [0.5, 0.6) is 0 Å². The molecule has 0 spiro atoms. The van der Waals surface area contributed by atoms with Gasteiger partial charge in [0.2, 0.25) is 5.91 Å². The van der Waals surface area contributed by atoms with Crippen molar-refractivity contribution in [3.63, 3.8) is 0 Å². The van der Waals surface area contributed by atoms with E-state index in [2.05, 4.69) is 4.98 Å². The molecule has 1 aromatic rings. The van der Waals surface area contributed by atoms with Gasteiger partial charge in [0.1, 0.15) is 6.42 Å². The standard InChI is InChI=1S/C10H12N4O2/c11-2-1-10(16)14-5-8(9(15)6-14)13-4-3-12-7-13/h3-4,7-9,15H,1,5-6H2/t8-,9-/m0/s1. The van der Waals surface area contributed by atoms with Gasteiger partial charge in [0.15, 0.2) is 0 Å². The number of hydrogen-bond acceptors (Lipinski definition) is 4. The molecular formula is C10H12N4O2. The quantitative estimate of drug-likeness (QED) is 0.731. The highest BCUT2D eigenvalue weighted by Gasteiger charge is 2.34. The van der Waals surface area contributed by atoms with E-state index in [0.29, 0.717) is 6.54 Å². The predicted molar refractivity (Wildman–Crippen MR) is 54.1 cm³/mol. The van der Waals surface area contributed by atoms with Crippen molar-refractivity contribution in [2.24, 2.45) is 0 Å². The Hall–Kier alpha value is -1.87. The second-order valence-corrected chi connectivity index (χ2v) is 3.78. The first-order valence-electron chi connectivity index (χ1n) is 5.02. The maximum Gasteiger partial charge on any atom is 0.236 e. The van der Waals surface area contributed by atoms with Crippen molar-refractivity contribution in [2.75, 3.05) is 13.1 Å². The molecule has 2 atom stereocenters. The molecule has 0 saturated carbocycles. The van der Waals surface area contributed by atoms with Crippen molar-refractivity contribution >= 4 is 5.91 Å². The van der Waals surface area contributed by atoms with Crippen LogP contribution in [0.25, 0.3) is 0 Å². The van der Waals surface area contributed by atoms with Gasteiger partial charge < -0.3 is 14.6 Å². The number of likely N-dealkylation sites (tertiary alicyclic amines) is 1. The van der Waals surface area contributed by atoms with Gasteiger partial charge >= 0.3 is 0 Å². The van der Waals surface area contributed by atoms with Crippen molar-refractivity contribution in [1.29, 1.82) is 5.26 Å². The summed E-state index contributed by atoms with van der Waals surface area (Å²) in [5.41, 5.74) is 0. The Morgan fingerprint density at radius 3 is 3.06 bits per heavy atom. The first kappa shape index (κ1) is 10.6. The van der Waals surface area contributed by atoms with Gasteiger partial charge in [-0.3, -0.25) is 4.79 Å². The van der Waals surface area contributed by atoms with Gasteiger partial charge in [0.05, 0.1) is 24.5 Å². The third-order valence-electron chi connectivity index (χ3n) is 2.75. The van der Waals surface area contributed by atoms with E-state index in [-0.39, 0.29) is 24.9 Å². The topological polar surface area (TPSA) is 82.1 Å². The molecule has 1 amide bonds. The number of carbonyl (C=O) groups is 1. The Bertz CT molecular complexity index is 409. The number of aliphatic hydroxyl groups is 1. The molecule has 0 aliphatic carbocycles. The third kappa shape index (κ3) is 1.90. The summed E-state index contributed by atoms with van der Waals surface area (Å²) in [5, 5.41) is 18.3. The van der Waals surface area contributed by atoms with Crippen LogP contribution in [-0.2, 0) is 4.79 Å². The van der Waals surface area contributed by atoms with Crippen LogP contribution in [0.15, 0.2) is 18.7 Å². The average molecular weight is 220 g/mol. The number of carbonyl (C=O) groups excluding carboxylic acids is 1. The van der Waals surface area contributed by atoms with Crippen molar-refractivity contribution in [2.45, 2.75) is 18.6 Å². The van der Waals surface area contributed by atoms with Gasteiger partial charge in [-0.05, 0) is 0 Å². The number of β-amino-alcohol motifs (C(OH)–C–C–N with tert-alkyl or cyclic N) is 1. The summed E-state index contributed by atoms with van der Waals surface area (Å²) in [5.74, 6) is -0.232. The Morgan fingerprint density at radius 2 is 2.44 bits per heavy atom. The van der Waals surface area contributed by atoms with Gasteiger partial charge in [-0.2, -0.15) is 5.26 Å². The van der Waals surface area contributed by atoms with Crippen LogP contribution in [0.2, 0.25) is 0 Å². The zero-order valence-electron chi connectivity index (χ0n) is 8.65. The molecule has 0 aromatic carbocycles. The first-order chi connectivity index (χ1) is 7.72. The second-order valence-electron chi connectivity index (χ2n) is 3.78. The smallest absolute Gasteiger partial charge is 0.236 e. The fraction of sp³-hybridized carbons (Fsp3) is 0.500. The SMILES string of the molecule is N#CCC(=O)N1C[C@H](O)[C@@H](n2ccnc2)C1. The summed E-state index contributed by atoms with van der Waals surface area (Å²) >= 11 is 0. The summed E-state index contributed by atoms with van der Waals surface area (Å²) in [6.45, 7) is 0.710. The molecule has 6 heteroatoms. The monoisotopic (exact) mass is 220 g/mol. The van der Waals surface area contributed by atoms with Gasteiger partial charge in [-0.15, -0.1) is 0 Å². The van der Waals surface area contributed by atoms with Crippen LogP contribution in [0, 0.1) is 11.3 Å². The number of imidazole rings is 1. The minimum absolute atomic E-state index is 0.136. The molecule has 1 aliphatic rings. The van der Waals surface area contributed by atoms with Crippen LogP contribution in [0.4, 0.5) is 0 Å². The van der Waals surface area contributed by atoms with Crippen molar-refractivity contribution in [1.82, 2.24) is 14.5 Å². The molecule has 2 heterocycles. The number of hydrogen-bond donors (Lipinski definition) is 1. The van der Waals surface area contributed by atoms with Gasteiger partial charge in [-0.1, -0.05) is 0 Å². The minimum Gasteiger partial charge on any atom is -0.389 e. The summed E-state index contributed by atoms with van der Waals surface area (Å²) < 4.78 is 1.78. The number of aromatic nitrogens is 2. The maximum atomic E-state index is 11.5. The zero-order valence-corrected chi connectivity index (χ0v) is 8.65. The first-order valence-corrected chi connectivity index (χ1v) is 5.02. The molecular weight excluding hydrogens is 208 g/mol. The molecule has 2 rings (SSSR count). The third-order valence-corrected chi connectivity index (χ3v) is 2.75. The number of nitriles is 1. The van der Waals surface area contributed by atoms with Crippen LogP contribution in [-0.4, -0.2) is 44.7 Å². The fourth-order valence-corrected chi connectivity index (χ4v) is 1.91. The van der Waals surface area contributed by atoms with E-state index in [1.54, 1.807) is 23.3 Å². The maximum absolute atomic E-state index is 11.5. The summed E-state index contributed by atoms with van der Waals surface area (Å²) in [4.78, 5) is 16.9. The number of aliphatic hydroxyl groups excluding tert-OH is 1. The number of amides is 1. The lowest BCUT2D eigenvalue weighted by atomic mass is 10.2. The molecule has 1 aromatic heterocycles. The highest BCUT2D eigenvalue weighted by atomic mass is 16.3. The van der Waals surface area contributed by atoms with E-state index in [4.69, 9.17) is 5.26 Å². The molecule has 1 fully saturated rings. The highest BCUT2D eigenvalue weighted by molar-refractivity contribution is 5.78. The molecule has 0 unspecified atom stereocenters. The van der Waals surface area contributed by atoms with E-state index in [1.807, 2.05) is 6.07 Å². The summed E-state index contributed by atoms with van der Waals surface area (Å²) in [6.07, 6.45) is 4.27.